The van der Waals surface area contributed by atoms with Crippen LogP contribution >= 0.6 is 0 Å². The quantitative estimate of drug-likeness (QED) is 0.424. The molecule has 27 heavy (non-hydrogen) atoms. The van der Waals surface area contributed by atoms with Crippen LogP contribution in [0.25, 0.3) is 17.1 Å². The van der Waals surface area contributed by atoms with Gasteiger partial charge in [0.1, 0.15) is 12.4 Å². The van der Waals surface area contributed by atoms with E-state index in [0.717, 1.165) is 24.2 Å². The van der Waals surface area contributed by atoms with E-state index < -0.39 is 0 Å². The summed E-state index contributed by atoms with van der Waals surface area (Å²) in [5.74, 6) is 0.890. The molecule has 0 fully saturated rings. The van der Waals surface area contributed by atoms with Gasteiger partial charge in [-0.1, -0.05) is 66.7 Å². The normalized spacial score (nSPS) is 11.3. The highest BCUT2D eigenvalue weighted by molar-refractivity contribution is 5.74. The van der Waals surface area contributed by atoms with Gasteiger partial charge in [0.05, 0.1) is 17.4 Å². The van der Waals surface area contributed by atoms with Crippen LogP contribution in [0.2, 0.25) is 0 Å². The summed E-state index contributed by atoms with van der Waals surface area (Å²) in [7, 11) is 0. The molecule has 134 valence electrons. The van der Waals surface area contributed by atoms with Gasteiger partial charge >= 0.3 is 0 Å². The zero-order valence-corrected chi connectivity index (χ0v) is 15.2. The molecular weight excluding hydrogens is 332 g/mol. The van der Waals surface area contributed by atoms with Gasteiger partial charge in [0.15, 0.2) is 0 Å². The summed E-state index contributed by atoms with van der Waals surface area (Å²) in [5.41, 5.74) is 4.59. The van der Waals surface area contributed by atoms with Crippen LogP contribution in [0.5, 0.6) is 5.75 Å². The Morgan fingerprint density at radius 1 is 0.852 bits per heavy atom. The highest BCUT2D eigenvalue weighted by atomic mass is 16.5. The Hall–Kier alpha value is -3.33. The predicted molar refractivity (Wildman–Crippen MR) is 111 cm³/mol. The fourth-order valence-corrected chi connectivity index (χ4v) is 3.04. The zero-order chi connectivity index (χ0) is 18.3. The van der Waals surface area contributed by atoms with E-state index in [0.29, 0.717) is 6.61 Å². The first-order chi connectivity index (χ1) is 13.4. The third-order valence-corrected chi connectivity index (χ3v) is 4.50. The lowest BCUT2D eigenvalue weighted by molar-refractivity contribution is 0.306. The van der Waals surface area contributed by atoms with E-state index in [9.17, 15) is 0 Å². The second-order valence-corrected chi connectivity index (χ2v) is 6.46. The Balaban J connectivity index is 1.29. The number of rotatable bonds is 7. The number of benzene rings is 3. The predicted octanol–water partition coefficient (Wildman–Crippen LogP) is 5.72. The third kappa shape index (κ3) is 4.45. The molecule has 0 saturated heterocycles. The van der Waals surface area contributed by atoms with Gasteiger partial charge in [-0.3, -0.25) is 0 Å². The highest BCUT2D eigenvalue weighted by Crippen LogP contribution is 2.16. The molecule has 1 aromatic heterocycles. The molecule has 4 rings (SSSR count). The van der Waals surface area contributed by atoms with Crippen molar-refractivity contribution >= 4 is 17.1 Å². The Bertz CT molecular complexity index is 1020. The van der Waals surface area contributed by atoms with Crippen LogP contribution in [0, 0.1) is 0 Å². The summed E-state index contributed by atoms with van der Waals surface area (Å²) < 4.78 is 8.02. The third-order valence-electron chi connectivity index (χ3n) is 4.50. The molecule has 0 aliphatic carbocycles. The first-order valence-electron chi connectivity index (χ1n) is 9.22. The van der Waals surface area contributed by atoms with Crippen molar-refractivity contribution in [2.24, 2.45) is 0 Å². The van der Waals surface area contributed by atoms with Crippen LogP contribution in [0.4, 0.5) is 0 Å². The Morgan fingerprint density at radius 3 is 2.48 bits per heavy atom. The fraction of sp³-hybridized carbons (Fsp3) is 0.125. The van der Waals surface area contributed by atoms with Crippen LogP contribution in [0.3, 0.4) is 0 Å². The van der Waals surface area contributed by atoms with E-state index in [1.165, 1.54) is 16.6 Å². The average molecular weight is 354 g/mol. The lowest BCUT2D eigenvalue weighted by Gasteiger charge is -2.06. The lowest BCUT2D eigenvalue weighted by atomic mass is 10.2. The summed E-state index contributed by atoms with van der Waals surface area (Å²) in [5, 5.41) is 0. The number of aryl methyl sites for hydroxylation is 1. The molecule has 0 aliphatic rings. The lowest BCUT2D eigenvalue weighted by Crippen LogP contribution is -1.94. The minimum Gasteiger partial charge on any atom is -0.489 e. The van der Waals surface area contributed by atoms with E-state index in [1.54, 1.807) is 0 Å². The summed E-state index contributed by atoms with van der Waals surface area (Å²) in [6, 6.07) is 26.7. The number of hydrogen-bond acceptors (Lipinski definition) is 2. The fourth-order valence-electron chi connectivity index (χ4n) is 3.04. The van der Waals surface area contributed by atoms with E-state index in [4.69, 9.17) is 4.74 Å². The van der Waals surface area contributed by atoms with Gasteiger partial charge in [0.25, 0.3) is 0 Å². The number of imidazole rings is 1. The first-order valence-corrected chi connectivity index (χ1v) is 9.22. The number of aromatic nitrogens is 2. The van der Waals surface area contributed by atoms with E-state index in [2.05, 4.69) is 58.1 Å². The molecule has 0 unspecified atom stereocenters. The monoisotopic (exact) mass is 354 g/mol. The van der Waals surface area contributed by atoms with Crippen LogP contribution in [-0.4, -0.2) is 9.55 Å². The summed E-state index contributed by atoms with van der Waals surface area (Å²) in [6.07, 6.45) is 7.23. The van der Waals surface area contributed by atoms with Gasteiger partial charge < -0.3 is 9.30 Å². The van der Waals surface area contributed by atoms with Crippen molar-refractivity contribution in [2.45, 2.75) is 19.6 Å². The molecule has 3 aromatic carbocycles. The number of ether oxygens (including phenoxy) is 1. The van der Waals surface area contributed by atoms with Crippen molar-refractivity contribution in [2.75, 3.05) is 0 Å². The van der Waals surface area contributed by atoms with Gasteiger partial charge in [-0.2, -0.15) is 0 Å². The molecule has 0 spiro atoms. The van der Waals surface area contributed by atoms with Crippen LogP contribution in [-0.2, 0) is 13.2 Å². The van der Waals surface area contributed by atoms with Crippen LogP contribution in [0.1, 0.15) is 17.5 Å². The molecule has 0 radical (unpaired) electrons. The summed E-state index contributed by atoms with van der Waals surface area (Å²) >= 11 is 0. The Kier molecular flexibility index (Phi) is 5.30. The second-order valence-electron chi connectivity index (χ2n) is 6.46. The number of fused-ring (bicyclic) bond motifs is 1. The van der Waals surface area contributed by atoms with E-state index in [1.807, 2.05) is 48.8 Å². The van der Waals surface area contributed by atoms with Crippen molar-refractivity contribution in [3.63, 3.8) is 0 Å². The van der Waals surface area contributed by atoms with Crippen LogP contribution < -0.4 is 4.74 Å². The number of hydrogen-bond donors (Lipinski definition) is 0. The standard InChI is InChI=1S/C24H22N2O/c1-2-9-21(10-3-1)18-27-22-15-13-20(14-16-22)8-6-7-17-26-19-25-23-11-4-5-12-24(23)26/h1-6,8-16,19H,7,17-18H2/b8-6+. The van der Waals surface area contributed by atoms with Crippen molar-refractivity contribution in [3.05, 3.63) is 102 Å². The minimum absolute atomic E-state index is 0.592. The molecule has 0 N–H and O–H groups in total. The van der Waals surface area contributed by atoms with Gasteiger partial charge in [-0.25, -0.2) is 4.98 Å². The number of para-hydroxylation sites is 2. The maximum Gasteiger partial charge on any atom is 0.119 e. The molecule has 0 amide bonds. The maximum absolute atomic E-state index is 5.83. The molecule has 0 saturated carbocycles. The molecule has 3 heteroatoms. The topological polar surface area (TPSA) is 27.1 Å². The maximum atomic E-state index is 5.83. The van der Waals surface area contributed by atoms with Crippen LogP contribution in [0.15, 0.2) is 91.3 Å². The molecule has 3 nitrogen and oxygen atoms in total. The highest BCUT2D eigenvalue weighted by Gasteiger charge is 1.99. The minimum atomic E-state index is 0.592. The second kappa shape index (κ2) is 8.37. The van der Waals surface area contributed by atoms with Crippen molar-refractivity contribution in [3.8, 4) is 5.75 Å². The van der Waals surface area contributed by atoms with Crippen molar-refractivity contribution < 1.29 is 4.74 Å². The smallest absolute Gasteiger partial charge is 0.119 e. The number of nitrogens with zero attached hydrogens (tertiary/aromatic N) is 2. The van der Waals surface area contributed by atoms with Gasteiger partial charge in [-0.05, 0) is 41.8 Å². The molecule has 1 heterocycles. The Labute approximate surface area is 159 Å². The molecule has 0 aliphatic heterocycles. The largest absolute Gasteiger partial charge is 0.489 e. The molecule has 4 aromatic rings. The van der Waals surface area contributed by atoms with Gasteiger partial charge in [0, 0.05) is 6.54 Å². The average Bonchev–Trinajstić information content (AvgIpc) is 3.14. The van der Waals surface area contributed by atoms with Crippen molar-refractivity contribution in [1.82, 2.24) is 9.55 Å². The molecule has 0 bridgehead atoms. The zero-order valence-electron chi connectivity index (χ0n) is 15.2. The SMILES string of the molecule is C(=C\c1ccc(OCc2ccccc2)cc1)/CCn1cnc2ccccc21. The molecular formula is C24H22N2O. The molecule has 0 atom stereocenters. The Morgan fingerprint density at radius 2 is 1.63 bits per heavy atom. The first kappa shape index (κ1) is 17.1. The van der Waals surface area contributed by atoms with Gasteiger partial charge in [-0.15, -0.1) is 0 Å². The van der Waals surface area contributed by atoms with E-state index >= 15 is 0 Å². The van der Waals surface area contributed by atoms with Crippen molar-refractivity contribution in [1.29, 1.82) is 0 Å². The van der Waals surface area contributed by atoms with Gasteiger partial charge in [0.2, 0.25) is 0 Å². The summed E-state index contributed by atoms with van der Waals surface area (Å²) in [4.78, 5) is 4.43. The van der Waals surface area contributed by atoms with E-state index in [-0.39, 0.29) is 0 Å². The number of allylic oxidation sites excluding steroid dienone is 1. The summed E-state index contributed by atoms with van der Waals surface area (Å²) in [6.45, 7) is 1.52.